The second-order valence-corrected chi connectivity index (χ2v) is 14.5. The highest BCUT2D eigenvalue weighted by Crippen LogP contribution is 2.62. The van der Waals surface area contributed by atoms with Crippen LogP contribution in [0.2, 0.25) is 0 Å². The van der Waals surface area contributed by atoms with E-state index in [1.807, 2.05) is 13.8 Å². The van der Waals surface area contributed by atoms with Gasteiger partial charge in [-0.2, -0.15) is 0 Å². The zero-order chi connectivity index (χ0) is 29.8. The predicted molar refractivity (Wildman–Crippen MR) is 165 cm³/mol. The zero-order valence-corrected chi connectivity index (χ0v) is 28.2. The second-order valence-electron chi connectivity index (χ2n) is 14.3. The molecule has 39 heavy (non-hydrogen) atoms. The van der Waals surface area contributed by atoms with Crippen LogP contribution in [0, 0.1) is 33.5 Å². The molecule has 0 aromatic carbocycles. The maximum atomic E-state index is 10.2. The first kappa shape index (κ1) is 34.8. The molecule has 228 valence electrons. The average molecular weight is 569 g/mol. The monoisotopic (exact) mass is 568 g/mol. The Morgan fingerprint density at radius 1 is 0.718 bits per heavy atom. The van der Waals surface area contributed by atoms with Crippen molar-refractivity contribution in [2.45, 2.75) is 134 Å². The van der Waals surface area contributed by atoms with Crippen molar-refractivity contribution in [1.82, 2.24) is 0 Å². The molecule has 4 nitrogen and oxygen atoms in total. The number of hydrogen-bond acceptors (Lipinski definition) is 4. The first-order valence-electron chi connectivity index (χ1n) is 15.5. The third kappa shape index (κ3) is 6.99. The molecule has 4 aliphatic carbocycles. The summed E-state index contributed by atoms with van der Waals surface area (Å²) in [7, 11) is 0. The molecule has 0 heterocycles. The Morgan fingerprint density at radius 3 is 1.62 bits per heavy atom. The van der Waals surface area contributed by atoms with Crippen molar-refractivity contribution < 1.29 is 19.3 Å². The summed E-state index contributed by atoms with van der Waals surface area (Å²) in [6, 6.07) is 0.316. The number of allylic oxidation sites excluding steroid dienone is 2. The molecular formula is C34H61ClO4. The van der Waals surface area contributed by atoms with Crippen LogP contribution >= 0.6 is 11.6 Å². The summed E-state index contributed by atoms with van der Waals surface area (Å²) >= 11 is 5.08. The van der Waals surface area contributed by atoms with Crippen molar-refractivity contribution in [2.24, 2.45) is 33.5 Å². The highest BCUT2D eigenvalue weighted by atomic mass is 35.5. The molecule has 0 spiro atoms. The first-order valence-corrected chi connectivity index (χ1v) is 16.1. The van der Waals surface area contributed by atoms with Gasteiger partial charge in [-0.25, -0.2) is 0 Å². The normalized spacial score (nSPS) is 31.5. The summed E-state index contributed by atoms with van der Waals surface area (Å²) in [4.78, 5) is 0. The smallest absolute Gasteiger partial charge is 0.147 e. The molecule has 0 aromatic heterocycles. The van der Waals surface area contributed by atoms with Crippen LogP contribution < -0.4 is 0 Å². The Morgan fingerprint density at radius 2 is 1.18 bits per heavy atom. The Kier molecular flexibility index (Phi) is 12.2. The fourth-order valence-electron chi connectivity index (χ4n) is 8.10. The lowest BCUT2D eigenvalue weighted by atomic mass is 9.69. The molecule has 0 saturated carbocycles. The SMILES string of the molecule is CC1C(C)(C)C2=C(C(O)CCC2)C1(C)C.CCOCCl.CCOCOC1CCCC2=C1C(C)(C)C(C)C2(C)C. The summed E-state index contributed by atoms with van der Waals surface area (Å²) in [6.45, 7) is 29.4. The van der Waals surface area contributed by atoms with E-state index in [1.165, 1.54) is 24.8 Å². The van der Waals surface area contributed by atoms with Gasteiger partial charge in [0.05, 0.1) is 12.2 Å². The average Bonchev–Trinajstić information content (AvgIpc) is 3.11. The Bertz CT molecular complexity index is 864. The minimum atomic E-state index is -0.173. The molecule has 0 radical (unpaired) electrons. The lowest BCUT2D eigenvalue weighted by Crippen LogP contribution is -2.31. The van der Waals surface area contributed by atoms with E-state index < -0.39 is 0 Å². The minimum Gasteiger partial charge on any atom is -0.389 e. The minimum absolute atomic E-state index is 0.173. The number of hydrogen-bond donors (Lipinski definition) is 1. The molecule has 4 unspecified atom stereocenters. The molecule has 5 heteroatoms. The van der Waals surface area contributed by atoms with Gasteiger partial charge in [0.1, 0.15) is 12.9 Å². The topological polar surface area (TPSA) is 47.9 Å². The van der Waals surface area contributed by atoms with Gasteiger partial charge in [0.2, 0.25) is 0 Å². The van der Waals surface area contributed by atoms with E-state index in [1.54, 1.807) is 16.7 Å². The van der Waals surface area contributed by atoms with Crippen LogP contribution in [0.25, 0.3) is 0 Å². The Labute approximate surface area is 246 Å². The van der Waals surface area contributed by atoms with Crippen LogP contribution in [0.1, 0.15) is 122 Å². The summed E-state index contributed by atoms with van der Waals surface area (Å²) < 4.78 is 16.0. The molecule has 4 rings (SSSR count). The van der Waals surface area contributed by atoms with E-state index in [2.05, 4.69) is 74.0 Å². The lowest BCUT2D eigenvalue weighted by Gasteiger charge is -2.36. The van der Waals surface area contributed by atoms with Crippen molar-refractivity contribution in [3.05, 3.63) is 22.3 Å². The lowest BCUT2D eigenvalue weighted by molar-refractivity contribution is -0.0830. The van der Waals surface area contributed by atoms with Crippen LogP contribution in [0.15, 0.2) is 22.3 Å². The predicted octanol–water partition coefficient (Wildman–Crippen LogP) is 9.30. The summed E-state index contributed by atoms with van der Waals surface area (Å²) in [6.07, 6.45) is 7.08. The number of halogens is 1. The third-order valence-electron chi connectivity index (χ3n) is 11.2. The van der Waals surface area contributed by atoms with Crippen molar-refractivity contribution in [1.29, 1.82) is 0 Å². The van der Waals surface area contributed by atoms with Crippen molar-refractivity contribution in [3.63, 3.8) is 0 Å². The molecule has 0 fully saturated rings. The summed E-state index contributed by atoms with van der Waals surface area (Å²) in [5.74, 6) is 1.30. The van der Waals surface area contributed by atoms with E-state index in [0.717, 1.165) is 25.9 Å². The van der Waals surface area contributed by atoms with Crippen LogP contribution in [0.3, 0.4) is 0 Å². The van der Waals surface area contributed by atoms with Gasteiger partial charge in [0.25, 0.3) is 0 Å². The van der Waals surface area contributed by atoms with E-state index in [9.17, 15) is 5.11 Å². The van der Waals surface area contributed by atoms with E-state index in [0.29, 0.717) is 36.7 Å². The Hall–Kier alpha value is -0.390. The third-order valence-corrected chi connectivity index (χ3v) is 11.4. The number of alkyl halides is 1. The van der Waals surface area contributed by atoms with E-state index >= 15 is 0 Å². The van der Waals surface area contributed by atoms with E-state index in [-0.39, 0.29) is 28.5 Å². The van der Waals surface area contributed by atoms with Gasteiger partial charge in [0.15, 0.2) is 0 Å². The largest absolute Gasteiger partial charge is 0.389 e. The molecular weight excluding hydrogens is 508 g/mol. The van der Waals surface area contributed by atoms with Crippen molar-refractivity contribution >= 4 is 11.6 Å². The van der Waals surface area contributed by atoms with Gasteiger partial charge in [-0.1, -0.05) is 92.0 Å². The number of ether oxygens (including phenoxy) is 3. The van der Waals surface area contributed by atoms with Crippen LogP contribution in [-0.4, -0.2) is 43.4 Å². The zero-order valence-electron chi connectivity index (χ0n) is 27.4. The molecule has 0 aromatic rings. The molecule has 4 aliphatic rings. The molecule has 0 amide bonds. The summed E-state index contributed by atoms with van der Waals surface area (Å²) in [5.41, 5.74) is 7.18. The van der Waals surface area contributed by atoms with Gasteiger partial charge in [0, 0.05) is 13.2 Å². The fourth-order valence-corrected chi connectivity index (χ4v) is 8.26. The highest BCUT2D eigenvalue weighted by molar-refractivity contribution is 6.17. The van der Waals surface area contributed by atoms with Gasteiger partial charge >= 0.3 is 0 Å². The Balaban J connectivity index is 0.000000238. The second kappa shape index (κ2) is 13.7. The fraction of sp³-hybridized carbons (Fsp3) is 0.882. The quantitative estimate of drug-likeness (QED) is 0.150. The van der Waals surface area contributed by atoms with Crippen LogP contribution in [0.4, 0.5) is 0 Å². The number of rotatable bonds is 6. The van der Waals surface area contributed by atoms with Crippen molar-refractivity contribution in [2.75, 3.05) is 26.1 Å². The van der Waals surface area contributed by atoms with Gasteiger partial charge in [-0.15, -0.1) is 0 Å². The standard InChI is InChI=1S/C17H30O2.C14H24O.C3H7ClO/c1-7-18-11-19-14-10-8-9-13-15(14)17(5,6)12(2)16(13,3)4;1-9-13(2,3)10-7-6-8-11(15)12(10)14(9,4)5;1-2-5-3-4/h12,14H,7-11H2,1-6H3;9,11,15H,6-8H2,1-5H3;2-3H2,1H3. The maximum Gasteiger partial charge on any atom is 0.147 e. The van der Waals surface area contributed by atoms with Crippen LogP contribution in [0.5, 0.6) is 0 Å². The molecule has 0 saturated heterocycles. The van der Waals surface area contributed by atoms with E-state index in [4.69, 9.17) is 21.1 Å². The first-order chi connectivity index (χ1) is 18.0. The number of aliphatic hydroxyl groups excluding tert-OH is 1. The molecule has 4 atom stereocenters. The molecule has 1 N–H and O–H groups in total. The molecule has 0 aliphatic heterocycles. The highest BCUT2D eigenvalue weighted by Gasteiger charge is 2.53. The van der Waals surface area contributed by atoms with Gasteiger partial charge < -0.3 is 19.3 Å². The maximum absolute atomic E-state index is 10.2. The number of aliphatic hydroxyl groups is 1. The van der Waals surface area contributed by atoms with Crippen LogP contribution in [-0.2, 0) is 14.2 Å². The van der Waals surface area contributed by atoms with Gasteiger partial charge in [-0.05, 0) is 97.0 Å². The molecule has 0 bridgehead atoms. The van der Waals surface area contributed by atoms with Gasteiger partial charge in [-0.3, -0.25) is 0 Å². The van der Waals surface area contributed by atoms with Crippen molar-refractivity contribution in [3.8, 4) is 0 Å². The summed E-state index contributed by atoms with van der Waals surface area (Å²) in [5, 5.41) is 10.2.